The third kappa shape index (κ3) is 7.39. The number of aromatic nitrogens is 1. The zero-order valence-corrected chi connectivity index (χ0v) is 20.3. The number of carbonyl (C=O) groups is 1. The molecule has 3 aromatic rings. The molecule has 3 rings (SSSR count). The van der Waals surface area contributed by atoms with Gasteiger partial charge >= 0.3 is 6.61 Å². The fourth-order valence-corrected chi connectivity index (χ4v) is 3.75. The van der Waals surface area contributed by atoms with Gasteiger partial charge in [0.1, 0.15) is 18.2 Å². The Kier molecular flexibility index (Phi) is 9.76. The summed E-state index contributed by atoms with van der Waals surface area (Å²) in [5, 5.41) is 2.48. The van der Waals surface area contributed by atoms with E-state index in [1.807, 2.05) is 30.3 Å². The highest BCUT2D eigenvalue weighted by molar-refractivity contribution is 5.95. The molecule has 0 bridgehead atoms. The SMILES string of the molecule is C=CCCCC(Nn1ccc(=O)c(OCc2ccccc2)c1C(=O)NC)c1cc(F)ccc1OC(F)F. The predicted molar refractivity (Wildman–Crippen MR) is 134 cm³/mol. The van der Waals surface area contributed by atoms with Crippen LogP contribution in [0.4, 0.5) is 13.2 Å². The maximum absolute atomic E-state index is 14.2. The van der Waals surface area contributed by atoms with E-state index in [9.17, 15) is 22.8 Å². The first-order valence-electron chi connectivity index (χ1n) is 11.6. The zero-order valence-electron chi connectivity index (χ0n) is 20.3. The number of ether oxygens (including phenoxy) is 2. The molecule has 1 unspecified atom stereocenters. The van der Waals surface area contributed by atoms with Crippen molar-refractivity contribution in [3.63, 3.8) is 0 Å². The van der Waals surface area contributed by atoms with E-state index in [1.165, 1.54) is 24.0 Å². The normalized spacial score (nSPS) is 11.6. The lowest BCUT2D eigenvalue weighted by atomic mass is 10.00. The van der Waals surface area contributed by atoms with E-state index in [2.05, 4.69) is 22.1 Å². The summed E-state index contributed by atoms with van der Waals surface area (Å²) in [6.07, 6.45) is 4.55. The Balaban J connectivity index is 2.05. The molecule has 0 saturated heterocycles. The van der Waals surface area contributed by atoms with Gasteiger partial charge in [0.15, 0.2) is 11.4 Å². The van der Waals surface area contributed by atoms with Crippen LogP contribution in [0.15, 0.2) is 78.2 Å². The van der Waals surface area contributed by atoms with Crippen molar-refractivity contribution >= 4 is 5.91 Å². The van der Waals surface area contributed by atoms with Gasteiger partial charge in [0.2, 0.25) is 5.43 Å². The number of amides is 1. The van der Waals surface area contributed by atoms with Crippen molar-refractivity contribution in [1.82, 2.24) is 9.99 Å². The second-order valence-electron chi connectivity index (χ2n) is 8.04. The summed E-state index contributed by atoms with van der Waals surface area (Å²) >= 11 is 0. The summed E-state index contributed by atoms with van der Waals surface area (Å²) in [7, 11) is 1.40. The minimum atomic E-state index is -3.12. The van der Waals surface area contributed by atoms with Gasteiger partial charge in [-0.15, -0.1) is 6.58 Å². The second kappa shape index (κ2) is 13.2. The lowest BCUT2D eigenvalue weighted by molar-refractivity contribution is -0.0506. The van der Waals surface area contributed by atoms with Crippen molar-refractivity contribution in [3.05, 3.63) is 106 Å². The van der Waals surface area contributed by atoms with Gasteiger partial charge in [-0.25, -0.2) is 4.39 Å². The highest BCUT2D eigenvalue weighted by atomic mass is 19.3. The lowest BCUT2D eigenvalue weighted by Crippen LogP contribution is -2.33. The first-order chi connectivity index (χ1) is 17.8. The number of hydrogen-bond acceptors (Lipinski definition) is 5. The van der Waals surface area contributed by atoms with Crippen molar-refractivity contribution in [1.29, 1.82) is 0 Å². The molecule has 2 aromatic carbocycles. The number of allylic oxidation sites excluding steroid dienone is 1. The smallest absolute Gasteiger partial charge is 0.387 e. The van der Waals surface area contributed by atoms with Gasteiger partial charge in [-0.1, -0.05) is 36.4 Å². The molecule has 0 saturated carbocycles. The van der Waals surface area contributed by atoms with Crippen molar-refractivity contribution < 1.29 is 27.4 Å². The number of pyridine rings is 1. The fourth-order valence-electron chi connectivity index (χ4n) is 3.75. The van der Waals surface area contributed by atoms with Crippen molar-refractivity contribution in [2.24, 2.45) is 0 Å². The van der Waals surface area contributed by atoms with Gasteiger partial charge in [0, 0.05) is 24.9 Å². The molecule has 0 fully saturated rings. The minimum Gasteiger partial charge on any atom is -0.482 e. The summed E-state index contributed by atoms with van der Waals surface area (Å²) < 4.78 is 52.0. The quantitative estimate of drug-likeness (QED) is 0.243. The average molecular weight is 516 g/mol. The Hall–Kier alpha value is -4.21. The molecule has 1 amide bonds. The molecule has 0 aliphatic heterocycles. The average Bonchev–Trinajstić information content (AvgIpc) is 2.89. The molecular weight excluding hydrogens is 487 g/mol. The first-order valence-corrected chi connectivity index (χ1v) is 11.6. The minimum absolute atomic E-state index is 0.0309. The molecule has 10 heteroatoms. The largest absolute Gasteiger partial charge is 0.482 e. The Morgan fingerprint density at radius 1 is 1.16 bits per heavy atom. The number of hydrogen-bond donors (Lipinski definition) is 2. The van der Waals surface area contributed by atoms with E-state index in [0.29, 0.717) is 19.3 Å². The number of benzene rings is 2. The lowest BCUT2D eigenvalue weighted by Gasteiger charge is -2.26. The molecule has 0 aliphatic rings. The van der Waals surface area contributed by atoms with E-state index in [1.54, 1.807) is 6.08 Å². The molecule has 0 radical (unpaired) electrons. The molecule has 37 heavy (non-hydrogen) atoms. The molecule has 1 atom stereocenters. The Morgan fingerprint density at radius 2 is 1.92 bits per heavy atom. The topological polar surface area (TPSA) is 81.6 Å². The van der Waals surface area contributed by atoms with Gasteiger partial charge in [-0.3, -0.25) is 14.3 Å². The Bertz CT molecular complexity index is 1270. The summed E-state index contributed by atoms with van der Waals surface area (Å²) in [4.78, 5) is 25.6. The van der Waals surface area contributed by atoms with Crippen LogP contribution in [0.1, 0.15) is 46.9 Å². The fraction of sp³-hybridized carbons (Fsp3) is 0.259. The van der Waals surface area contributed by atoms with Crippen LogP contribution >= 0.6 is 0 Å². The Morgan fingerprint density at radius 3 is 2.59 bits per heavy atom. The molecule has 0 aliphatic carbocycles. The number of alkyl halides is 2. The molecule has 1 aromatic heterocycles. The van der Waals surface area contributed by atoms with Gasteiger partial charge in [-0.2, -0.15) is 8.78 Å². The van der Waals surface area contributed by atoms with Crippen LogP contribution < -0.4 is 25.6 Å². The van der Waals surface area contributed by atoms with E-state index in [4.69, 9.17) is 4.74 Å². The van der Waals surface area contributed by atoms with Gasteiger partial charge in [0.25, 0.3) is 5.91 Å². The molecule has 1 heterocycles. The highest BCUT2D eigenvalue weighted by Crippen LogP contribution is 2.32. The highest BCUT2D eigenvalue weighted by Gasteiger charge is 2.24. The summed E-state index contributed by atoms with van der Waals surface area (Å²) in [5.74, 6) is -1.69. The van der Waals surface area contributed by atoms with Crippen LogP contribution in [0.25, 0.3) is 0 Å². The van der Waals surface area contributed by atoms with E-state index < -0.39 is 29.8 Å². The van der Waals surface area contributed by atoms with Crippen molar-refractivity contribution in [3.8, 4) is 11.5 Å². The van der Waals surface area contributed by atoms with Gasteiger partial charge in [-0.05, 0) is 43.0 Å². The van der Waals surface area contributed by atoms with Crippen molar-refractivity contribution in [2.75, 3.05) is 12.5 Å². The van der Waals surface area contributed by atoms with Crippen LogP contribution in [0, 0.1) is 5.82 Å². The van der Waals surface area contributed by atoms with E-state index in [-0.39, 0.29) is 29.4 Å². The molecule has 0 spiro atoms. The third-order valence-corrected chi connectivity index (χ3v) is 5.48. The predicted octanol–water partition coefficient (Wildman–Crippen LogP) is 5.17. The molecular formula is C27H28F3N3O4. The van der Waals surface area contributed by atoms with Crippen molar-refractivity contribution in [2.45, 2.75) is 38.5 Å². The van der Waals surface area contributed by atoms with Crippen LogP contribution in [-0.4, -0.2) is 24.2 Å². The summed E-state index contributed by atoms with van der Waals surface area (Å²) in [6.45, 7) is 0.597. The maximum atomic E-state index is 14.2. The third-order valence-electron chi connectivity index (χ3n) is 5.48. The first kappa shape index (κ1) is 27.4. The number of halogens is 3. The van der Waals surface area contributed by atoms with Crippen LogP contribution in [0.3, 0.4) is 0 Å². The number of nitrogens with one attached hydrogen (secondary N) is 2. The van der Waals surface area contributed by atoms with Gasteiger partial charge in [0.05, 0.1) is 6.04 Å². The number of nitrogens with zero attached hydrogens (tertiary/aromatic N) is 1. The summed E-state index contributed by atoms with van der Waals surface area (Å²) in [5.41, 5.74) is 3.30. The Labute approximate surface area is 212 Å². The molecule has 2 N–H and O–H groups in total. The molecule has 7 nitrogen and oxygen atoms in total. The summed E-state index contributed by atoms with van der Waals surface area (Å²) in [6, 6.07) is 12.8. The van der Waals surface area contributed by atoms with E-state index >= 15 is 0 Å². The maximum Gasteiger partial charge on any atom is 0.387 e. The standard InChI is InChI=1S/C27H28F3N3O4/c1-3-4-6-11-21(20-16-19(28)12-13-23(20)37-27(29)30)32-33-15-14-22(34)25(24(33)26(35)31-2)36-17-18-9-7-5-8-10-18/h3,5,7-10,12-16,21,27,32H,1,4,6,11,17H2,2H3,(H,31,35). The second-order valence-corrected chi connectivity index (χ2v) is 8.04. The van der Waals surface area contributed by atoms with Crippen LogP contribution in [0.2, 0.25) is 0 Å². The monoisotopic (exact) mass is 515 g/mol. The molecule has 196 valence electrons. The zero-order chi connectivity index (χ0) is 26.8. The van der Waals surface area contributed by atoms with Crippen LogP contribution in [0.5, 0.6) is 11.5 Å². The van der Waals surface area contributed by atoms with E-state index in [0.717, 1.165) is 23.8 Å². The van der Waals surface area contributed by atoms with Crippen LogP contribution in [-0.2, 0) is 6.61 Å². The van der Waals surface area contributed by atoms with Gasteiger partial charge < -0.3 is 20.2 Å². The number of rotatable bonds is 13. The number of carbonyl (C=O) groups excluding carboxylic acids is 1. The number of unbranched alkanes of at least 4 members (excludes halogenated alkanes) is 1.